The zero-order valence-electron chi connectivity index (χ0n) is 10.1. The summed E-state index contributed by atoms with van der Waals surface area (Å²) in [6.45, 7) is 2.31. The van der Waals surface area contributed by atoms with Crippen LogP contribution in [0.4, 0.5) is 0 Å². The number of methoxy groups -OCH3 is 2. The Hall–Kier alpha value is -0.660. The van der Waals surface area contributed by atoms with Gasteiger partial charge < -0.3 is 14.8 Å². The lowest BCUT2D eigenvalue weighted by Gasteiger charge is -2.14. The highest BCUT2D eigenvalue weighted by molar-refractivity contribution is 14.1. The molecule has 17 heavy (non-hydrogen) atoms. The first kappa shape index (κ1) is 14.4. The highest BCUT2D eigenvalue weighted by Crippen LogP contribution is 2.16. The van der Waals surface area contributed by atoms with Crippen molar-refractivity contribution in [3.05, 3.63) is 32.9 Å². The van der Waals surface area contributed by atoms with E-state index >= 15 is 0 Å². The molecule has 0 spiro atoms. The number of ether oxygens (including phenoxy) is 2. The average Bonchev–Trinajstić information content (AvgIpc) is 2.33. The molecule has 0 aliphatic heterocycles. The fourth-order valence-corrected chi connectivity index (χ4v) is 1.96. The van der Waals surface area contributed by atoms with Crippen LogP contribution in [0.25, 0.3) is 0 Å². The highest BCUT2D eigenvalue weighted by atomic mass is 127. The van der Waals surface area contributed by atoms with Gasteiger partial charge in [0.05, 0.1) is 12.1 Å². The van der Waals surface area contributed by atoms with E-state index in [-0.39, 0.29) is 5.91 Å². The van der Waals surface area contributed by atoms with Crippen molar-refractivity contribution in [1.82, 2.24) is 5.32 Å². The van der Waals surface area contributed by atoms with Crippen LogP contribution in [0.2, 0.25) is 0 Å². The largest absolute Gasteiger partial charge is 0.354 e. The molecule has 1 aromatic rings. The first-order chi connectivity index (χ1) is 8.10. The maximum atomic E-state index is 11.9. The zero-order valence-corrected chi connectivity index (χ0v) is 12.3. The molecule has 0 saturated heterocycles. The van der Waals surface area contributed by atoms with E-state index in [1.54, 1.807) is 6.07 Å². The van der Waals surface area contributed by atoms with Crippen molar-refractivity contribution in [2.24, 2.45) is 0 Å². The van der Waals surface area contributed by atoms with Crippen LogP contribution >= 0.6 is 22.6 Å². The van der Waals surface area contributed by atoms with Gasteiger partial charge in [-0.3, -0.25) is 4.79 Å². The quantitative estimate of drug-likeness (QED) is 0.653. The van der Waals surface area contributed by atoms with Crippen LogP contribution in [0.1, 0.15) is 15.9 Å². The minimum absolute atomic E-state index is 0.114. The van der Waals surface area contributed by atoms with E-state index in [2.05, 4.69) is 27.9 Å². The Morgan fingerprint density at radius 1 is 1.41 bits per heavy atom. The van der Waals surface area contributed by atoms with Gasteiger partial charge in [-0.05, 0) is 41.1 Å². The Kier molecular flexibility index (Phi) is 5.87. The smallest absolute Gasteiger partial charge is 0.252 e. The molecule has 4 nitrogen and oxygen atoms in total. The van der Waals surface area contributed by atoms with E-state index < -0.39 is 6.29 Å². The molecule has 0 aliphatic carbocycles. The van der Waals surface area contributed by atoms with Crippen LogP contribution in [-0.4, -0.2) is 33.0 Å². The Morgan fingerprint density at radius 3 is 2.65 bits per heavy atom. The summed E-state index contributed by atoms with van der Waals surface area (Å²) in [6, 6.07) is 5.65. The maximum Gasteiger partial charge on any atom is 0.252 e. The summed E-state index contributed by atoms with van der Waals surface area (Å²) >= 11 is 2.17. The predicted molar refractivity (Wildman–Crippen MR) is 74.0 cm³/mol. The van der Waals surface area contributed by atoms with Crippen LogP contribution in [0, 0.1) is 10.5 Å². The second-order valence-electron chi connectivity index (χ2n) is 3.55. The van der Waals surface area contributed by atoms with Crippen molar-refractivity contribution in [3.63, 3.8) is 0 Å². The number of hydrogen-bond acceptors (Lipinski definition) is 3. The second kappa shape index (κ2) is 6.93. The van der Waals surface area contributed by atoms with E-state index in [1.165, 1.54) is 14.2 Å². The maximum absolute atomic E-state index is 11.9. The third-order valence-electron chi connectivity index (χ3n) is 2.39. The van der Waals surface area contributed by atoms with Crippen LogP contribution in [0.3, 0.4) is 0 Å². The predicted octanol–water partition coefficient (Wildman–Crippen LogP) is 1.95. The Labute approximate surface area is 115 Å². The van der Waals surface area contributed by atoms with Gasteiger partial charge in [-0.25, -0.2) is 0 Å². The van der Waals surface area contributed by atoms with Gasteiger partial charge in [0.2, 0.25) is 0 Å². The number of carbonyl (C=O) groups is 1. The first-order valence-corrected chi connectivity index (χ1v) is 6.27. The summed E-state index contributed by atoms with van der Waals surface area (Å²) < 4.78 is 11.0. The summed E-state index contributed by atoms with van der Waals surface area (Å²) in [6.07, 6.45) is -0.415. The Bertz CT molecular complexity index is 391. The van der Waals surface area contributed by atoms with Crippen molar-refractivity contribution in [2.75, 3.05) is 20.8 Å². The van der Waals surface area contributed by atoms with Gasteiger partial charge in [0.1, 0.15) is 0 Å². The van der Waals surface area contributed by atoms with E-state index in [4.69, 9.17) is 9.47 Å². The monoisotopic (exact) mass is 349 g/mol. The number of nitrogens with one attached hydrogen (secondary N) is 1. The molecule has 5 heteroatoms. The summed E-state index contributed by atoms with van der Waals surface area (Å²) in [5.74, 6) is -0.114. The van der Waals surface area contributed by atoms with Crippen LogP contribution in [0.15, 0.2) is 18.2 Å². The van der Waals surface area contributed by atoms with Crippen molar-refractivity contribution >= 4 is 28.5 Å². The number of hydrogen-bond donors (Lipinski definition) is 1. The fourth-order valence-electron chi connectivity index (χ4n) is 1.36. The molecule has 1 aromatic carbocycles. The summed E-state index contributed by atoms with van der Waals surface area (Å²) in [5.41, 5.74) is 1.77. The molecule has 0 bridgehead atoms. The minimum Gasteiger partial charge on any atom is -0.354 e. The van der Waals surface area contributed by atoms with Gasteiger partial charge >= 0.3 is 0 Å². The van der Waals surface area contributed by atoms with Crippen LogP contribution in [0.5, 0.6) is 0 Å². The van der Waals surface area contributed by atoms with Gasteiger partial charge in [-0.1, -0.05) is 12.1 Å². The van der Waals surface area contributed by atoms with Gasteiger partial charge in [0, 0.05) is 17.8 Å². The molecule has 0 aromatic heterocycles. The molecule has 0 heterocycles. The molecule has 0 fully saturated rings. The third kappa shape index (κ3) is 3.93. The number of rotatable bonds is 5. The normalized spacial score (nSPS) is 10.6. The number of benzene rings is 1. The molecular formula is C12H16INO3. The van der Waals surface area contributed by atoms with Gasteiger partial charge in [0.25, 0.3) is 5.91 Å². The first-order valence-electron chi connectivity index (χ1n) is 5.19. The lowest BCUT2D eigenvalue weighted by atomic mass is 10.1. The molecule has 94 valence electrons. The van der Waals surface area contributed by atoms with Crippen molar-refractivity contribution in [3.8, 4) is 0 Å². The Balaban J connectivity index is 2.67. The minimum atomic E-state index is -0.415. The molecule has 1 amide bonds. The van der Waals surface area contributed by atoms with Gasteiger partial charge in [-0.2, -0.15) is 0 Å². The third-order valence-corrected chi connectivity index (χ3v) is 3.82. The highest BCUT2D eigenvalue weighted by Gasteiger charge is 2.13. The van der Waals surface area contributed by atoms with E-state index in [0.717, 1.165) is 9.13 Å². The lowest BCUT2D eigenvalue weighted by Crippen LogP contribution is -2.34. The second-order valence-corrected chi connectivity index (χ2v) is 4.63. The standard InChI is InChI=1S/C12H16INO3/c1-8-5-4-6-9(11(8)13)12(15)14-7-10(16-2)17-3/h4-6,10H,7H2,1-3H3,(H,14,15). The molecule has 0 radical (unpaired) electrons. The SMILES string of the molecule is COC(CNC(=O)c1cccc(C)c1I)OC. The number of amides is 1. The molecule has 0 aliphatic rings. The van der Waals surface area contributed by atoms with E-state index in [1.807, 2.05) is 19.1 Å². The van der Waals surface area contributed by atoms with E-state index in [0.29, 0.717) is 12.1 Å². The topological polar surface area (TPSA) is 47.6 Å². The lowest BCUT2D eigenvalue weighted by molar-refractivity contribution is -0.0974. The van der Waals surface area contributed by atoms with Gasteiger partial charge in [0.15, 0.2) is 6.29 Å². The number of halogens is 1. The number of carbonyl (C=O) groups excluding carboxylic acids is 1. The van der Waals surface area contributed by atoms with Crippen molar-refractivity contribution in [1.29, 1.82) is 0 Å². The van der Waals surface area contributed by atoms with E-state index in [9.17, 15) is 4.79 Å². The van der Waals surface area contributed by atoms with Gasteiger partial charge in [-0.15, -0.1) is 0 Å². The average molecular weight is 349 g/mol. The van der Waals surface area contributed by atoms with Crippen LogP contribution < -0.4 is 5.32 Å². The molecule has 1 N–H and O–H groups in total. The Morgan fingerprint density at radius 2 is 2.06 bits per heavy atom. The molecule has 0 saturated carbocycles. The zero-order chi connectivity index (χ0) is 12.8. The van der Waals surface area contributed by atoms with Crippen LogP contribution in [-0.2, 0) is 9.47 Å². The number of aryl methyl sites for hydroxylation is 1. The fraction of sp³-hybridized carbons (Fsp3) is 0.417. The molecule has 1 rings (SSSR count). The molecular weight excluding hydrogens is 333 g/mol. The molecule has 0 atom stereocenters. The molecule has 0 unspecified atom stereocenters. The summed E-state index contributed by atoms with van der Waals surface area (Å²) in [5, 5.41) is 2.78. The van der Waals surface area contributed by atoms with Crippen molar-refractivity contribution < 1.29 is 14.3 Å². The summed E-state index contributed by atoms with van der Waals surface area (Å²) in [7, 11) is 3.08. The van der Waals surface area contributed by atoms with Crippen molar-refractivity contribution in [2.45, 2.75) is 13.2 Å². The summed E-state index contributed by atoms with van der Waals surface area (Å²) in [4.78, 5) is 11.9.